The highest BCUT2D eigenvalue weighted by atomic mass is 32.2. The number of nitrogens with zero attached hydrogens (tertiary/aromatic N) is 1. The van der Waals surface area contributed by atoms with Crippen LogP contribution in [0.15, 0.2) is 71.6 Å². The van der Waals surface area contributed by atoms with Crippen molar-refractivity contribution in [3.63, 3.8) is 0 Å². The summed E-state index contributed by atoms with van der Waals surface area (Å²) in [4.78, 5) is 35.4. The van der Waals surface area contributed by atoms with Crippen molar-refractivity contribution in [3.05, 3.63) is 88.2 Å². The van der Waals surface area contributed by atoms with Gasteiger partial charge in [0, 0.05) is 24.2 Å². The highest BCUT2D eigenvalue weighted by Gasteiger charge is 2.54. The highest BCUT2D eigenvalue weighted by Crippen LogP contribution is 2.60. The Bertz CT molecular complexity index is 1760. The molecule has 0 saturated heterocycles. The lowest BCUT2D eigenvalue weighted by atomic mass is 9.49. The summed E-state index contributed by atoms with van der Waals surface area (Å²) in [5.41, 5.74) is 0.700. The number of carboxylic acid groups (broad SMARTS) is 1. The lowest BCUT2D eigenvalue weighted by Crippen LogP contribution is -2.59. The number of anilines is 1. The molecule has 0 spiro atoms. The molecule has 3 saturated carbocycles. The van der Waals surface area contributed by atoms with Gasteiger partial charge in [-0.25, -0.2) is 22.3 Å². The number of fused-ring (bicyclic) bond motifs is 3. The molecule has 0 aliphatic heterocycles. The van der Waals surface area contributed by atoms with Gasteiger partial charge in [0.05, 0.1) is 9.82 Å². The average molecular weight is 667 g/mol. The number of hydrogen-bond acceptors (Lipinski definition) is 7. The molecule has 6 rings (SSSR count). The van der Waals surface area contributed by atoms with Gasteiger partial charge in [0.1, 0.15) is 11.5 Å². The summed E-state index contributed by atoms with van der Waals surface area (Å²) in [6, 6.07) is 15.2. The van der Waals surface area contributed by atoms with E-state index in [1.165, 1.54) is 36.4 Å². The SMILES string of the molecule is CC(C)(C)C(NC(=O)O)C12CCC(CNc3ccc(S(=O)(=O)NC(=O)c4ccc(-c5ccc(F)cc5)cc4)cc3[N+](=O)[O-])(CC1)CC2. The zero-order valence-corrected chi connectivity index (χ0v) is 27.3. The number of rotatable bonds is 10. The Morgan fingerprint density at radius 1 is 0.936 bits per heavy atom. The molecule has 3 aromatic rings. The summed E-state index contributed by atoms with van der Waals surface area (Å²) in [5, 5.41) is 27.5. The Balaban J connectivity index is 1.26. The lowest BCUT2D eigenvalue weighted by molar-refractivity contribution is -0.384. The van der Waals surface area contributed by atoms with E-state index in [-0.39, 0.29) is 39.4 Å². The lowest BCUT2D eigenvalue weighted by Gasteiger charge is -2.58. The summed E-state index contributed by atoms with van der Waals surface area (Å²) in [7, 11) is -4.45. The normalized spacial score (nSPS) is 21.4. The van der Waals surface area contributed by atoms with Crippen LogP contribution in [0.3, 0.4) is 0 Å². The first-order valence-corrected chi connectivity index (χ1v) is 17.0. The number of halogens is 1. The van der Waals surface area contributed by atoms with E-state index in [1.807, 2.05) is 25.5 Å². The molecule has 11 nitrogen and oxygen atoms in total. The maximum Gasteiger partial charge on any atom is 0.404 e. The van der Waals surface area contributed by atoms with Crippen LogP contribution in [0, 0.1) is 32.2 Å². The van der Waals surface area contributed by atoms with E-state index in [1.54, 1.807) is 24.3 Å². The molecule has 2 bridgehead atoms. The van der Waals surface area contributed by atoms with Gasteiger partial charge in [0.25, 0.3) is 21.6 Å². The first kappa shape index (κ1) is 33.8. The van der Waals surface area contributed by atoms with Crippen LogP contribution >= 0.6 is 0 Å². The minimum Gasteiger partial charge on any atom is -0.465 e. The van der Waals surface area contributed by atoms with Crippen LogP contribution in [0.4, 0.5) is 20.6 Å². The minimum atomic E-state index is -4.45. The maximum absolute atomic E-state index is 13.2. The molecule has 13 heteroatoms. The standard InChI is InChI=1S/C34H39FN4O7S/c1-32(2,3)30(37-31(41)42)34-17-14-33(15-18-34,16-19-34)21-36-27-13-12-26(20-28(27)39(43)44)47(45,46)38-29(40)24-6-4-22(5-7-24)23-8-10-25(35)11-9-23/h4-13,20,30,36-37H,14-19,21H2,1-3H3,(H,38,40)(H,41,42). The van der Waals surface area contributed by atoms with E-state index >= 15 is 0 Å². The number of amides is 2. The van der Waals surface area contributed by atoms with Crippen LogP contribution in [0.1, 0.15) is 69.7 Å². The average Bonchev–Trinajstić information content (AvgIpc) is 3.03. The number of carbonyl (C=O) groups is 2. The summed E-state index contributed by atoms with van der Waals surface area (Å²) in [6.45, 7) is 6.59. The quantitative estimate of drug-likeness (QED) is 0.133. The summed E-state index contributed by atoms with van der Waals surface area (Å²) in [5.74, 6) is -1.29. The topological polar surface area (TPSA) is 168 Å². The third-order valence-corrected chi connectivity index (χ3v) is 11.2. The molecule has 0 aromatic heterocycles. The number of nitro groups is 1. The molecule has 0 radical (unpaired) electrons. The van der Waals surface area contributed by atoms with Crippen LogP contribution < -0.4 is 15.4 Å². The molecule has 1 unspecified atom stereocenters. The zero-order chi connectivity index (χ0) is 34.2. The highest BCUT2D eigenvalue weighted by molar-refractivity contribution is 7.90. The molecule has 3 fully saturated rings. The first-order valence-electron chi connectivity index (χ1n) is 15.5. The van der Waals surface area contributed by atoms with E-state index in [4.69, 9.17) is 0 Å². The summed E-state index contributed by atoms with van der Waals surface area (Å²) >= 11 is 0. The fraction of sp³-hybridized carbons (Fsp3) is 0.412. The first-order chi connectivity index (χ1) is 22.0. The van der Waals surface area contributed by atoms with Crippen molar-refractivity contribution >= 4 is 33.4 Å². The van der Waals surface area contributed by atoms with E-state index < -0.39 is 37.5 Å². The number of nitro benzene ring substituents is 1. The van der Waals surface area contributed by atoms with Crippen molar-refractivity contribution in [2.24, 2.45) is 16.2 Å². The van der Waals surface area contributed by atoms with Crippen molar-refractivity contribution in [2.45, 2.75) is 70.2 Å². The molecule has 3 aromatic carbocycles. The van der Waals surface area contributed by atoms with Gasteiger partial charge in [0.15, 0.2) is 0 Å². The van der Waals surface area contributed by atoms with Gasteiger partial charge in [-0.1, -0.05) is 45.0 Å². The summed E-state index contributed by atoms with van der Waals surface area (Å²) in [6.07, 6.45) is 4.00. The maximum atomic E-state index is 13.2. The third-order valence-electron chi connectivity index (χ3n) is 9.89. The van der Waals surface area contributed by atoms with Gasteiger partial charge in [0.2, 0.25) is 0 Å². The van der Waals surface area contributed by atoms with E-state index in [9.17, 15) is 37.6 Å². The molecule has 1 atom stereocenters. The molecule has 4 N–H and O–H groups in total. The second-order valence-electron chi connectivity index (χ2n) is 13.9. The predicted octanol–water partition coefficient (Wildman–Crippen LogP) is 6.95. The number of hydrogen-bond donors (Lipinski definition) is 4. The van der Waals surface area contributed by atoms with Gasteiger partial charge < -0.3 is 15.7 Å². The number of nitrogens with one attached hydrogen (secondary N) is 3. The molecule has 47 heavy (non-hydrogen) atoms. The van der Waals surface area contributed by atoms with E-state index in [0.29, 0.717) is 17.7 Å². The molecule has 3 aliphatic rings. The fourth-order valence-corrected chi connectivity index (χ4v) is 8.35. The van der Waals surface area contributed by atoms with Gasteiger partial charge in [-0.05, 0) is 102 Å². The van der Waals surface area contributed by atoms with Gasteiger partial charge in [-0.3, -0.25) is 14.9 Å². The number of benzene rings is 3. The third kappa shape index (κ3) is 7.24. The van der Waals surface area contributed by atoms with Crippen LogP contribution in [-0.4, -0.2) is 43.0 Å². The second kappa shape index (κ2) is 12.6. The largest absolute Gasteiger partial charge is 0.465 e. The zero-order valence-electron chi connectivity index (χ0n) is 26.5. The summed E-state index contributed by atoms with van der Waals surface area (Å²) < 4.78 is 41.4. The van der Waals surface area contributed by atoms with Crippen molar-refractivity contribution in [1.29, 1.82) is 0 Å². The second-order valence-corrected chi connectivity index (χ2v) is 15.6. The van der Waals surface area contributed by atoms with Crippen LogP contribution in [-0.2, 0) is 10.0 Å². The van der Waals surface area contributed by atoms with Crippen molar-refractivity contribution < 1.29 is 32.4 Å². The van der Waals surface area contributed by atoms with E-state index in [2.05, 4.69) is 10.6 Å². The molecule has 2 amide bonds. The minimum absolute atomic E-state index is 0.0584. The van der Waals surface area contributed by atoms with E-state index in [0.717, 1.165) is 44.6 Å². The number of carbonyl (C=O) groups excluding carboxylic acids is 1. The predicted molar refractivity (Wildman–Crippen MR) is 175 cm³/mol. The molecule has 250 valence electrons. The van der Waals surface area contributed by atoms with Crippen LogP contribution in [0.5, 0.6) is 0 Å². The molecular weight excluding hydrogens is 627 g/mol. The van der Waals surface area contributed by atoms with Crippen LogP contribution in [0.25, 0.3) is 11.1 Å². The van der Waals surface area contributed by atoms with Crippen molar-refractivity contribution in [1.82, 2.24) is 10.0 Å². The molecule has 3 aliphatic carbocycles. The van der Waals surface area contributed by atoms with Gasteiger partial charge in [-0.2, -0.15) is 0 Å². The van der Waals surface area contributed by atoms with Gasteiger partial charge >= 0.3 is 6.09 Å². The monoisotopic (exact) mass is 666 g/mol. The Kier molecular flexibility index (Phi) is 9.06. The Morgan fingerprint density at radius 2 is 1.49 bits per heavy atom. The van der Waals surface area contributed by atoms with Gasteiger partial charge in [-0.15, -0.1) is 0 Å². The molecule has 0 heterocycles. The van der Waals surface area contributed by atoms with Crippen molar-refractivity contribution in [3.8, 4) is 11.1 Å². The number of sulfonamides is 1. The smallest absolute Gasteiger partial charge is 0.404 e. The fourth-order valence-electron chi connectivity index (χ4n) is 7.36. The Labute approximate surface area is 273 Å². The Morgan fingerprint density at radius 3 is 2.00 bits per heavy atom. The molecular formula is C34H39FN4O7S. The van der Waals surface area contributed by atoms with Crippen LogP contribution in [0.2, 0.25) is 0 Å². The Hall–Kier alpha value is -4.52. The van der Waals surface area contributed by atoms with Crippen molar-refractivity contribution in [2.75, 3.05) is 11.9 Å².